The Labute approximate surface area is 239 Å². The normalized spacial score (nSPS) is 30.6. The summed E-state index contributed by atoms with van der Waals surface area (Å²) in [6, 6.07) is 0. The number of rotatable bonds is 10. The van der Waals surface area contributed by atoms with Crippen LogP contribution < -0.4 is 21.6 Å². The number of carbonyl (C=O) groups excluding carboxylic acids is 3. The second kappa shape index (κ2) is 13.2. The molecule has 2 fully saturated rings. The first-order valence-corrected chi connectivity index (χ1v) is 16.1. The molecule has 0 aromatic rings. The minimum atomic E-state index is -0.736. The van der Waals surface area contributed by atoms with Gasteiger partial charge in [-0.05, 0) is 13.8 Å². The fourth-order valence-electron chi connectivity index (χ4n) is 6.53. The Morgan fingerprint density at radius 3 is 2.58 bits per heavy atom. The molecule has 0 amide bonds. The predicted molar refractivity (Wildman–Crippen MR) is 144 cm³/mol. The first-order valence-electron chi connectivity index (χ1n) is 14.0. The monoisotopic (exact) mass is 641 g/mol. The number of hydrogen-bond acceptors (Lipinski definition) is 6. The van der Waals surface area contributed by atoms with Crippen LogP contribution in [0.1, 0.15) is 99.3 Å². The molecule has 0 heterocycles. The van der Waals surface area contributed by atoms with E-state index in [1.807, 2.05) is 13.8 Å². The van der Waals surface area contributed by atoms with Gasteiger partial charge >= 0.3 is 199 Å². The molecule has 5 atom stereocenters. The average Bonchev–Trinajstić information content (AvgIpc) is 3.21. The number of fused-ring (bicyclic) bond motifs is 1. The second-order valence-corrected chi connectivity index (χ2v) is 14.7. The summed E-state index contributed by atoms with van der Waals surface area (Å²) in [4.78, 5) is 35.6. The van der Waals surface area contributed by atoms with E-state index in [2.05, 4.69) is 32.1 Å². The summed E-state index contributed by atoms with van der Waals surface area (Å²) >= 11 is -0.736. The third-order valence-electron chi connectivity index (χ3n) is 8.77. The number of esters is 1. The Morgan fingerprint density at radius 1 is 1.18 bits per heavy atom. The van der Waals surface area contributed by atoms with E-state index in [0.29, 0.717) is 18.3 Å². The van der Waals surface area contributed by atoms with Crippen LogP contribution in [0, 0.1) is 17.3 Å². The molecule has 3 aliphatic rings. The van der Waals surface area contributed by atoms with Crippen molar-refractivity contribution >= 4 is 17.7 Å². The fourth-order valence-corrected chi connectivity index (χ4v) is 8.76. The van der Waals surface area contributed by atoms with Crippen LogP contribution >= 0.6 is 0 Å². The molecule has 7 heteroatoms. The molecule has 3 aliphatic carbocycles. The third kappa shape index (κ3) is 7.80. The summed E-state index contributed by atoms with van der Waals surface area (Å²) < 4.78 is 16.6. The van der Waals surface area contributed by atoms with Crippen molar-refractivity contribution in [3.8, 4) is 0 Å². The van der Waals surface area contributed by atoms with Gasteiger partial charge in [0.15, 0.2) is 5.78 Å². The molecule has 3 rings (SSSR count). The number of ketones is 1. The third-order valence-corrected chi connectivity index (χ3v) is 11.3. The molecule has 0 N–H and O–H groups in total. The molecular formula is C31H46IO6-. The van der Waals surface area contributed by atoms with E-state index in [1.54, 1.807) is 7.11 Å². The maximum atomic E-state index is 12.6. The van der Waals surface area contributed by atoms with Crippen molar-refractivity contribution in [2.75, 3.05) is 7.11 Å². The summed E-state index contributed by atoms with van der Waals surface area (Å²) in [5.74, 6) is 0.541. The molecular weight excluding hydrogens is 595 g/mol. The predicted octanol–water partition coefficient (Wildman–Crippen LogP) is 3.44. The average molecular weight is 642 g/mol. The fraction of sp³-hybridized carbons (Fsp3) is 0.710. The van der Waals surface area contributed by atoms with Crippen molar-refractivity contribution in [2.45, 2.75) is 115 Å². The van der Waals surface area contributed by atoms with Crippen molar-refractivity contribution < 1.29 is 48.5 Å². The standard InChI is InChI=1S/C31H46IO6/c1-20(10-15-29(35)30(4,5)36-7)27-13-14-28-24(9-8-16-31(27,28)6)12-11-23-17-25(32-38-22(3)34)19-26(18-23)37-21(2)33/h11-13,20,25-26,28H,8-10,14-19H2,1-7H3/q-1/b23-11-,24-12+/t20-,25?,26-,28?,31-/m1/s1. The Balaban J connectivity index is 1.71. The van der Waals surface area contributed by atoms with Crippen LogP contribution in [0.25, 0.3) is 0 Å². The first-order chi connectivity index (χ1) is 17.9. The van der Waals surface area contributed by atoms with E-state index >= 15 is 0 Å². The molecule has 6 nitrogen and oxygen atoms in total. The summed E-state index contributed by atoms with van der Waals surface area (Å²) in [6.45, 7) is 11.3. The molecule has 2 saturated carbocycles. The molecule has 0 bridgehead atoms. The van der Waals surface area contributed by atoms with Gasteiger partial charge in [0.25, 0.3) is 0 Å². The zero-order valence-corrected chi connectivity index (χ0v) is 26.4. The molecule has 0 aromatic heterocycles. The van der Waals surface area contributed by atoms with Gasteiger partial charge in [0.05, 0.1) is 0 Å². The van der Waals surface area contributed by atoms with E-state index in [-0.39, 0.29) is 33.2 Å². The van der Waals surface area contributed by atoms with Gasteiger partial charge in [0.1, 0.15) is 5.60 Å². The number of carbonyl (C=O) groups is 3. The van der Waals surface area contributed by atoms with Crippen molar-refractivity contribution in [3.63, 3.8) is 0 Å². The van der Waals surface area contributed by atoms with Crippen LogP contribution in [0.3, 0.4) is 0 Å². The van der Waals surface area contributed by atoms with E-state index in [0.717, 1.165) is 38.5 Å². The molecule has 0 aliphatic heterocycles. The van der Waals surface area contributed by atoms with Gasteiger partial charge in [-0.15, -0.1) is 0 Å². The van der Waals surface area contributed by atoms with Crippen molar-refractivity contribution in [3.05, 3.63) is 34.9 Å². The topological polar surface area (TPSA) is 78.9 Å². The SMILES string of the molecule is COC(C)(C)C(=O)CC[C@@H](C)C1=CCC2/C(=C/C=C3/CC([I-]OC(C)=O)C[C@H](OC(C)=O)C3)CCC[C@]12C. The van der Waals surface area contributed by atoms with Crippen molar-refractivity contribution in [1.82, 2.24) is 0 Å². The zero-order valence-electron chi connectivity index (χ0n) is 24.2. The molecule has 0 spiro atoms. The maximum absolute atomic E-state index is 12.6. The molecule has 0 radical (unpaired) electrons. The van der Waals surface area contributed by atoms with Gasteiger partial charge in [0.2, 0.25) is 0 Å². The summed E-state index contributed by atoms with van der Waals surface area (Å²) in [5.41, 5.74) is 3.71. The molecule has 0 aromatic carbocycles. The van der Waals surface area contributed by atoms with Gasteiger partial charge in [-0.3, -0.25) is 4.79 Å². The number of alkyl halides is 1. The Kier molecular flexibility index (Phi) is 10.8. The summed E-state index contributed by atoms with van der Waals surface area (Å²) in [7, 11) is 1.60. The van der Waals surface area contributed by atoms with Gasteiger partial charge in [-0.25, -0.2) is 0 Å². The number of halogens is 1. The second-order valence-electron chi connectivity index (χ2n) is 12.0. The molecule has 38 heavy (non-hydrogen) atoms. The number of ether oxygens (including phenoxy) is 2. The first kappa shape index (κ1) is 31.1. The van der Waals surface area contributed by atoms with Crippen LogP contribution in [0.5, 0.6) is 0 Å². The molecule has 2 unspecified atom stereocenters. The number of Topliss-reactive ketones (excluding diaryl/α,β-unsaturated/α-hetero) is 1. The molecule has 0 saturated heterocycles. The van der Waals surface area contributed by atoms with E-state index in [4.69, 9.17) is 12.5 Å². The quantitative estimate of drug-likeness (QED) is 0.158. The van der Waals surface area contributed by atoms with Crippen LogP contribution in [0.15, 0.2) is 34.9 Å². The van der Waals surface area contributed by atoms with Gasteiger partial charge in [0, 0.05) is 7.11 Å². The molecule has 214 valence electrons. The van der Waals surface area contributed by atoms with Crippen LogP contribution in [0.2, 0.25) is 0 Å². The minimum absolute atomic E-state index is 0.137. The number of allylic oxidation sites excluding steroid dienone is 5. The summed E-state index contributed by atoms with van der Waals surface area (Å²) in [5, 5.41) is 0. The van der Waals surface area contributed by atoms with Gasteiger partial charge < -0.3 is 4.74 Å². The number of methoxy groups -OCH3 is 1. The van der Waals surface area contributed by atoms with Crippen molar-refractivity contribution in [1.29, 1.82) is 0 Å². The zero-order chi connectivity index (χ0) is 28.1. The van der Waals surface area contributed by atoms with Crippen molar-refractivity contribution in [2.24, 2.45) is 17.3 Å². The van der Waals surface area contributed by atoms with E-state index in [1.165, 1.54) is 43.4 Å². The van der Waals surface area contributed by atoms with Crippen LogP contribution in [0.4, 0.5) is 0 Å². The Hall–Kier alpha value is -1.48. The van der Waals surface area contributed by atoms with E-state index < -0.39 is 27.2 Å². The van der Waals surface area contributed by atoms with Crippen LogP contribution in [-0.2, 0) is 26.9 Å². The summed E-state index contributed by atoms with van der Waals surface area (Å²) in [6.07, 6.45) is 15.2. The van der Waals surface area contributed by atoms with Gasteiger partial charge in [-0.2, -0.15) is 0 Å². The Morgan fingerprint density at radius 2 is 1.92 bits per heavy atom. The van der Waals surface area contributed by atoms with Gasteiger partial charge in [-0.1, -0.05) is 0 Å². The van der Waals surface area contributed by atoms with E-state index in [9.17, 15) is 14.4 Å². The van der Waals surface area contributed by atoms with Crippen LogP contribution in [-0.4, -0.2) is 40.5 Å². The Bertz CT molecular complexity index is 992. The number of hydrogen-bond donors (Lipinski definition) is 0.